The van der Waals surface area contributed by atoms with Crippen LogP contribution in [0.3, 0.4) is 0 Å². The van der Waals surface area contributed by atoms with E-state index in [-0.39, 0.29) is 6.03 Å². The number of amides is 2. The van der Waals surface area contributed by atoms with E-state index in [1.165, 1.54) is 87.6 Å². The monoisotopic (exact) mass is 361 g/mol. The number of rotatable bonds is 3. The first-order chi connectivity index (χ1) is 12.3. The maximum atomic E-state index is 13.2. The molecule has 0 atom stereocenters. The van der Waals surface area contributed by atoms with Crippen molar-refractivity contribution in [2.45, 2.75) is 102 Å². The molecule has 2 amide bonds. The van der Waals surface area contributed by atoms with Crippen molar-refractivity contribution < 1.29 is 4.79 Å². The Kier molecular flexibility index (Phi) is 5.59. The summed E-state index contributed by atoms with van der Waals surface area (Å²) in [4.78, 5) is 21.6. The molecule has 0 aliphatic heterocycles. The fourth-order valence-corrected chi connectivity index (χ4v) is 5.95. The largest absolute Gasteiger partial charge is 0.324 e. The SMILES string of the molecule is O=C(Nc1nc2c(s1)CCCC2)N(C1CCCCC1)C1CCCCC1. The zero-order valence-corrected chi connectivity index (χ0v) is 16.1. The molecule has 1 aromatic heterocycles. The number of anilines is 1. The fourth-order valence-electron chi connectivity index (χ4n) is 4.91. The van der Waals surface area contributed by atoms with Crippen molar-refractivity contribution in [3.63, 3.8) is 0 Å². The van der Waals surface area contributed by atoms with Crippen LogP contribution in [0.25, 0.3) is 0 Å². The van der Waals surface area contributed by atoms with Crippen LogP contribution < -0.4 is 5.32 Å². The van der Waals surface area contributed by atoms with E-state index in [2.05, 4.69) is 10.2 Å². The first-order valence-corrected chi connectivity index (χ1v) is 11.2. The summed E-state index contributed by atoms with van der Waals surface area (Å²) in [6.45, 7) is 0. The Morgan fingerprint density at radius 1 is 0.880 bits per heavy atom. The van der Waals surface area contributed by atoms with Crippen molar-refractivity contribution in [1.29, 1.82) is 0 Å². The Labute approximate surface area is 155 Å². The van der Waals surface area contributed by atoms with E-state index in [0.29, 0.717) is 12.1 Å². The van der Waals surface area contributed by atoms with Crippen LogP contribution in [0, 0.1) is 0 Å². The third-order valence-electron chi connectivity index (χ3n) is 6.23. The van der Waals surface area contributed by atoms with Crippen LogP contribution in [0.5, 0.6) is 0 Å². The van der Waals surface area contributed by atoms with Gasteiger partial charge in [0.15, 0.2) is 5.13 Å². The highest BCUT2D eigenvalue weighted by Gasteiger charge is 2.33. The lowest BCUT2D eigenvalue weighted by molar-refractivity contribution is 0.114. The lowest BCUT2D eigenvalue weighted by Crippen LogP contribution is -2.50. The van der Waals surface area contributed by atoms with Gasteiger partial charge in [0.1, 0.15) is 0 Å². The summed E-state index contributed by atoms with van der Waals surface area (Å²) in [6, 6.07) is 0.989. The van der Waals surface area contributed by atoms with Gasteiger partial charge in [-0.2, -0.15) is 0 Å². The number of nitrogens with zero attached hydrogens (tertiary/aromatic N) is 2. The van der Waals surface area contributed by atoms with Crippen molar-refractivity contribution in [3.05, 3.63) is 10.6 Å². The molecule has 0 radical (unpaired) electrons. The maximum absolute atomic E-state index is 13.2. The summed E-state index contributed by atoms with van der Waals surface area (Å²) in [5, 5.41) is 4.02. The van der Waals surface area contributed by atoms with Crippen LogP contribution in [0.2, 0.25) is 0 Å². The number of fused-ring (bicyclic) bond motifs is 1. The molecule has 0 bridgehead atoms. The number of thiazole rings is 1. The van der Waals surface area contributed by atoms with Gasteiger partial charge in [-0.25, -0.2) is 9.78 Å². The van der Waals surface area contributed by atoms with Crippen LogP contribution in [0.15, 0.2) is 0 Å². The molecule has 4 nitrogen and oxygen atoms in total. The molecule has 0 saturated heterocycles. The van der Waals surface area contributed by atoms with Gasteiger partial charge in [-0.3, -0.25) is 5.32 Å². The summed E-state index contributed by atoms with van der Waals surface area (Å²) < 4.78 is 0. The van der Waals surface area contributed by atoms with Crippen molar-refractivity contribution in [3.8, 4) is 0 Å². The van der Waals surface area contributed by atoms with E-state index in [0.717, 1.165) is 18.0 Å². The second kappa shape index (κ2) is 8.07. The van der Waals surface area contributed by atoms with Gasteiger partial charge < -0.3 is 4.90 Å². The molecule has 3 aliphatic rings. The van der Waals surface area contributed by atoms with Crippen molar-refractivity contribution in [2.75, 3.05) is 5.32 Å². The molecule has 4 rings (SSSR count). The van der Waals surface area contributed by atoms with Crippen LogP contribution >= 0.6 is 11.3 Å². The lowest BCUT2D eigenvalue weighted by atomic mass is 9.89. The van der Waals surface area contributed by atoms with Crippen LogP contribution in [-0.2, 0) is 12.8 Å². The molecular formula is C20H31N3OS. The minimum Gasteiger partial charge on any atom is -0.319 e. The molecule has 0 spiro atoms. The summed E-state index contributed by atoms with van der Waals surface area (Å²) in [6.07, 6.45) is 17.2. The van der Waals surface area contributed by atoms with E-state index in [9.17, 15) is 4.79 Å². The van der Waals surface area contributed by atoms with Crippen molar-refractivity contribution in [2.24, 2.45) is 0 Å². The van der Waals surface area contributed by atoms with E-state index < -0.39 is 0 Å². The normalized spacial score (nSPS) is 22.4. The molecule has 1 N–H and O–H groups in total. The molecule has 2 fully saturated rings. The van der Waals surface area contributed by atoms with E-state index in [4.69, 9.17) is 4.98 Å². The average Bonchev–Trinajstić information content (AvgIpc) is 3.06. The number of carbonyl (C=O) groups excluding carboxylic acids is 1. The van der Waals surface area contributed by atoms with Crippen molar-refractivity contribution >= 4 is 22.5 Å². The number of urea groups is 1. The van der Waals surface area contributed by atoms with Gasteiger partial charge in [0.05, 0.1) is 5.69 Å². The Morgan fingerprint density at radius 2 is 1.48 bits per heavy atom. The molecule has 0 aromatic carbocycles. The van der Waals surface area contributed by atoms with Gasteiger partial charge in [0.25, 0.3) is 0 Å². The Bertz CT molecular complexity index is 546. The molecule has 2 saturated carbocycles. The van der Waals surface area contributed by atoms with Crippen LogP contribution in [-0.4, -0.2) is 28.0 Å². The molecule has 138 valence electrons. The third kappa shape index (κ3) is 4.02. The zero-order valence-electron chi connectivity index (χ0n) is 15.3. The van der Waals surface area contributed by atoms with Gasteiger partial charge in [-0.15, -0.1) is 11.3 Å². The number of carbonyl (C=O) groups is 1. The first kappa shape index (κ1) is 17.3. The number of nitrogens with one attached hydrogen (secondary N) is 1. The first-order valence-electron chi connectivity index (χ1n) is 10.4. The van der Waals surface area contributed by atoms with Gasteiger partial charge in [0.2, 0.25) is 0 Å². The third-order valence-corrected chi connectivity index (χ3v) is 7.30. The zero-order chi connectivity index (χ0) is 17.1. The highest BCUT2D eigenvalue weighted by atomic mass is 32.1. The fraction of sp³-hybridized carbons (Fsp3) is 0.800. The topological polar surface area (TPSA) is 45.2 Å². The smallest absolute Gasteiger partial charge is 0.319 e. The highest BCUT2D eigenvalue weighted by molar-refractivity contribution is 7.15. The average molecular weight is 362 g/mol. The van der Waals surface area contributed by atoms with Gasteiger partial charge in [-0.1, -0.05) is 38.5 Å². The Hall–Kier alpha value is -1.10. The Morgan fingerprint density at radius 3 is 2.08 bits per heavy atom. The number of hydrogen-bond donors (Lipinski definition) is 1. The molecule has 5 heteroatoms. The Balaban J connectivity index is 1.49. The predicted molar refractivity (Wildman–Crippen MR) is 103 cm³/mol. The standard InChI is InChI=1S/C20H31N3OS/c24-20(22-19-21-17-13-7-8-14-18(17)25-19)23(15-9-3-1-4-10-15)16-11-5-2-6-12-16/h15-16H,1-14H2,(H,21,22,24). The molecule has 1 heterocycles. The maximum Gasteiger partial charge on any atom is 0.324 e. The number of aromatic nitrogens is 1. The lowest BCUT2D eigenvalue weighted by Gasteiger charge is -2.41. The molecule has 25 heavy (non-hydrogen) atoms. The van der Waals surface area contributed by atoms with Crippen LogP contribution in [0.1, 0.15) is 87.6 Å². The summed E-state index contributed by atoms with van der Waals surface area (Å²) in [7, 11) is 0. The van der Waals surface area contributed by atoms with Crippen molar-refractivity contribution in [1.82, 2.24) is 9.88 Å². The number of aryl methyl sites for hydroxylation is 2. The summed E-state index contributed by atoms with van der Waals surface area (Å²) in [5.41, 5.74) is 1.23. The highest BCUT2D eigenvalue weighted by Crippen LogP contribution is 2.33. The number of hydrogen-bond acceptors (Lipinski definition) is 3. The van der Waals surface area contributed by atoms with E-state index in [1.807, 2.05) is 0 Å². The van der Waals surface area contributed by atoms with Gasteiger partial charge in [-0.05, 0) is 51.4 Å². The van der Waals surface area contributed by atoms with E-state index in [1.54, 1.807) is 11.3 Å². The summed E-state index contributed by atoms with van der Waals surface area (Å²) >= 11 is 1.70. The molecule has 0 unspecified atom stereocenters. The van der Waals surface area contributed by atoms with Crippen LogP contribution in [0.4, 0.5) is 9.93 Å². The van der Waals surface area contributed by atoms with Gasteiger partial charge in [0, 0.05) is 17.0 Å². The van der Waals surface area contributed by atoms with E-state index >= 15 is 0 Å². The predicted octanol–water partition coefficient (Wildman–Crippen LogP) is 5.52. The van der Waals surface area contributed by atoms with Gasteiger partial charge >= 0.3 is 6.03 Å². The minimum atomic E-state index is 0.116. The molecular weight excluding hydrogens is 330 g/mol. The quantitative estimate of drug-likeness (QED) is 0.770. The summed E-state index contributed by atoms with van der Waals surface area (Å²) in [5.74, 6) is 0. The second-order valence-corrected chi connectivity index (χ2v) is 9.10. The second-order valence-electron chi connectivity index (χ2n) is 8.02. The molecule has 3 aliphatic carbocycles. The molecule has 1 aromatic rings. The minimum absolute atomic E-state index is 0.116.